The molecule has 0 radical (unpaired) electrons. The number of hydrogen-bond donors (Lipinski definition) is 1. The molecule has 0 saturated heterocycles. The Hall–Kier alpha value is -2.52. The number of aromatic nitrogens is 2. The van der Waals surface area contributed by atoms with Gasteiger partial charge in [0.2, 0.25) is 5.88 Å². The van der Waals surface area contributed by atoms with Crippen molar-refractivity contribution in [1.82, 2.24) is 19.8 Å². The molecule has 0 bridgehead atoms. The minimum atomic E-state index is -0.399. The van der Waals surface area contributed by atoms with E-state index in [1.165, 1.54) is 6.20 Å². The zero-order valence-electron chi connectivity index (χ0n) is 17.2. The lowest BCUT2D eigenvalue weighted by Crippen LogP contribution is -2.50. The maximum atomic E-state index is 13.1. The van der Waals surface area contributed by atoms with Gasteiger partial charge in [-0.05, 0) is 41.1 Å². The first-order chi connectivity index (χ1) is 14.3. The number of aliphatic hydroxyl groups is 1. The summed E-state index contributed by atoms with van der Waals surface area (Å²) in [4.78, 5) is 37.4. The molecule has 0 aliphatic carbocycles. The number of hydrogen-bond acceptors (Lipinski definition) is 6. The molecule has 2 aromatic rings. The minimum Gasteiger partial charge on any atom is -0.472 e. The number of aliphatic hydroxyl groups excluding tert-OH is 1. The molecule has 1 aliphatic rings. The summed E-state index contributed by atoms with van der Waals surface area (Å²) >= 11 is 3.35. The smallest absolute Gasteiger partial charge is 0.259 e. The van der Waals surface area contributed by atoms with Gasteiger partial charge in [0.1, 0.15) is 11.7 Å². The second-order valence-electron chi connectivity index (χ2n) is 7.56. The van der Waals surface area contributed by atoms with Crippen LogP contribution < -0.4 is 4.74 Å². The van der Waals surface area contributed by atoms with Crippen LogP contribution in [0.25, 0.3) is 0 Å². The fourth-order valence-electron chi connectivity index (χ4n) is 3.36. The molecular weight excluding hydrogens is 452 g/mol. The number of carbonyl (C=O) groups is 2. The van der Waals surface area contributed by atoms with E-state index in [4.69, 9.17) is 4.74 Å². The van der Waals surface area contributed by atoms with Gasteiger partial charge in [0.25, 0.3) is 11.8 Å². The van der Waals surface area contributed by atoms with Crippen molar-refractivity contribution in [2.24, 2.45) is 5.92 Å². The molecule has 9 heteroatoms. The largest absolute Gasteiger partial charge is 0.472 e. The Morgan fingerprint density at radius 1 is 1.47 bits per heavy atom. The number of amides is 2. The molecule has 3 rings (SSSR count). The van der Waals surface area contributed by atoms with Crippen molar-refractivity contribution < 1.29 is 19.4 Å². The molecule has 160 valence electrons. The number of carbonyl (C=O) groups excluding carboxylic acids is 2. The third kappa shape index (κ3) is 4.79. The highest BCUT2D eigenvalue weighted by Crippen LogP contribution is 2.28. The molecule has 3 heterocycles. The van der Waals surface area contributed by atoms with Gasteiger partial charge in [0.15, 0.2) is 0 Å². The normalized spacial score (nSPS) is 19.9. The summed E-state index contributed by atoms with van der Waals surface area (Å²) in [7, 11) is 1.71. The first-order valence-electron chi connectivity index (χ1n) is 9.71. The predicted molar refractivity (Wildman–Crippen MR) is 114 cm³/mol. The fourth-order valence-corrected chi connectivity index (χ4v) is 3.69. The number of nitrogens with zero attached hydrogens (tertiary/aromatic N) is 4. The van der Waals surface area contributed by atoms with E-state index in [2.05, 4.69) is 25.9 Å². The Morgan fingerprint density at radius 2 is 2.23 bits per heavy atom. The first-order valence-corrected chi connectivity index (χ1v) is 10.5. The molecule has 2 amide bonds. The second kappa shape index (κ2) is 9.53. The second-order valence-corrected chi connectivity index (χ2v) is 8.47. The van der Waals surface area contributed by atoms with Crippen LogP contribution in [0.1, 0.15) is 34.6 Å². The Bertz CT molecular complexity index is 911. The Kier molecular flexibility index (Phi) is 7.04. The SMILES string of the molecule is C[C@@H]1CN([C@@H](C)CO)C(=O)c2cc(Br)cnc2O[C@H]1CN(C)C(=O)c1cccnc1. The van der Waals surface area contributed by atoms with E-state index < -0.39 is 6.10 Å². The van der Waals surface area contributed by atoms with Crippen LogP contribution in [0, 0.1) is 5.92 Å². The van der Waals surface area contributed by atoms with Crippen molar-refractivity contribution in [2.75, 3.05) is 26.7 Å². The van der Waals surface area contributed by atoms with Gasteiger partial charge in [-0.25, -0.2) is 4.98 Å². The lowest BCUT2D eigenvalue weighted by Gasteiger charge is -2.37. The van der Waals surface area contributed by atoms with E-state index in [9.17, 15) is 14.7 Å². The van der Waals surface area contributed by atoms with Crippen molar-refractivity contribution in [2.45, 2.75) is 26.0 Å². The summed E-state index contributed by atoms with van der Waals surface area (Å²) in [5, 5.41) is 9.66. The average molecular weight is 477 g/mol. The van der Waals surface area contributed by atoms with Crippen LogP contribution in [-0.4, -0.2) is 75.6 Å². The van der Waals surface area contributed by atoms with E-state index in [0.29, 0.717) is 28.7 Å². The van der Waals surface area contributed by atoms with Gasteiger partial charge >= 0.3 is 0 Å². The molecule has 8 nitrogen and oxygen atoms in total. The summed E-state index contributed by atoms with van der Waals surface area (Å²) in [5.74, 6) is -0.296. The standard InChI is InChI=1S/C21H25BrN4O4/c1-13-10-26(14(2)12-27)21(29)17-7-16(22)9-24-19(17)30-18(13)11-25(3)20(28)15-5-4-6-23-8-15/h4-9,13-14,18,27H,10-12H2,1-3H3/t13-,14+,18+/m1/s1. The molecule has 0 aromatic carbocycles. The van der Waals surface area contributed by atoms with Crippen molar-refractivity contribution in [1.29, 1.82) is 0 Å². The highest BCUT2D eigenvalue weighted by molar-refractivity contribution is 9.10. The molecule has 3 atom stereocenters. The molecular formula is C21H25BrN4O4. The lowest BCUT2D eigenvalue weighted by atomic mass is 10.00. The molecule has 30 heavy (non-hydrogen) atoms. The van der Waals surface area contributed by atoms with Crippen LogP contribution >= 0.6 is 15.9 Å². The van der Waals surface area contributed by atoms with E-state index >= 15 is 0 Å². The number of rotatable bonds is 5. The lowest BCUT2D eigenvalue weighted by molar-refractivity contribution is 0.0313. The number of fused-ring (bicyclic) bond motifs is 1. The number of pyridine rings is 2. The molecule has 0 fully saturated rings. The van der Waals surface area contributed by atoms with Gasteiger partial charge in [-0.1, -0.05) is 6.92 Å². The Labute approximate surface area is 184 Å². The van der Waals surface area contributed by atoms with Gasteiger partial charge < -0.3 is 19.6 Å². The number of ether oxygens (including phenoxy) is 1. The van der Waals surface area contributed by atoms with E-state index in [-0.39, 0.29) is 36.3 Å². The Morgan fingerprint density at radius 3 is 2.90 bits per heavy atom. The third-order valence-electron chi connectivity index (χ3n) is 5.20. The molecule has 1 N–H and O–H groups in total. The van der Waals surface area contributed by atoms with E-state index in [0.717, 1.165) is 0 Å². The fraction of sp³-hybridized carbons (Fsp3) is 0.429. The van der Waals surface area contributed by atoms with Crippen LogP contribution in [0.2, 0.25) is 0 Å². The highest BCUT2D eigenvalue weighted by atomic mass is 79.9. The third-order valence-corrected chi connectivity index (χ3v) is 5.63. The van der Waals surface area contributed by atoms with Crippen LogP contribution in [0.5, 0.6) is 5.88 Å². The zero-order valence-corrected chi connectivity index (χ0v) is 18.7. The van der Waals surface area contributed by atoms with Crippen molar-refractivity contribution in [3.05, 3.63) is 52.4 Å². The van der Waals surface area contributed by atoms with Crippen LogP contribution in [0.15, 0.2) is 41.3 Å². The Balaban J connectivity index is 1.90. The van der Waals surface area contributed by atoms with Gasteiger partial charge in [-0.15, -0.1) is 0 Å². The number of halogens is 1. The molecule has 1 aliphatic heterocycles. The van der Waals surface area contributed by atoms with Crippen LogP contribution in [0.3, 0.4) is 0 Å². The quantitative estimate of drug-likeness (QED) is 0.710. The van der Waals surface area contributed by atoms with Crippen molar-refractivity contribution in [3.63, 3.8) is 0 Å². The highest BCUT2D eigenvalue weighted by Gasteiger charge is 2.34. The summed E-state index contributed by atoms with van der Waals surface area (Å²) < 4.78 is 6.80. The van der Waals surface area contributed by atoms with Gasteiger partial charge in [-0.2, -0.15) is 0 Å². The first kappa shape index (κ1) is 22.2. The molecule has 0 unspecified atom stereocenters. The summed E-state index contributed by atoms with van der Waals surface area (Å²) in [5.41, 5.74) is 0.814. The van der Waals surface area contributed by atoms with Gasteiger partial charge in [0.05, 0.1) is 24.8 Å². The van der Waals surface area contributed by atoms with Crippen molar-refractivity contribution in [3.8, 4) is 5.88 Å². The zero-order chi connectivity index (χ0) is 21.8. The van der Waals surface area contributed by atoms with Crippen LogP contribution in [-0.2, 0) is 0 Å². The summed E-state index contributed by atoms with van der Waals surface area (Å²) in [6, 6.07) is 4.74. The summed E-state index contributed by atoms with van der Waals surface area (Å²) in [6.45, 7) is 4.29. The predicted octanol–water partition coefficient (Wildman–Crippen LogP) is 2.23. The average Bonchev–Trinajstić information content (AvgIpc) is 2.76. The topological polar surface area (TPSA) is 95.9 Å². The van der Waals surface area contributed by atoms with Gasteiger partial charge in [0, 0.05) is 42.6 Å². The van der Waals surface area contributed by atoms with E-state index in [1.807, 2.05) is 6.92 Å². The maximum Gasteiger partial charge on any atom is 0.259 e. The molecule has 0 saturated carbocycles. The summed E-state index contributed by atoms with van der Waals surface area (Å²) in [6.07, 6.45) is 4.31. The number of likely N-dealkylation sites (N-methyl/N-ethyl adjacent to an activating group) is 1. The minimum absolute atomic E-state index is 0.106. The monoisotopic (exact) mass is 476 g/mol. The maximum absolute atomic E-state index is 13.1. The van der Waals surface area contributed by atoms with E-state index in [1.54, 1.807) is 54.4 Å². The van der Waals surface area contributed by atoms with Crippen LogP contribution in [0.4, 0.5) is 0 Å². The molecule has 0 spiro atoms. The van der Waals surface area contributed by atoms with Crippen molar-refractivity contribution >= 4 is 27.7 Å². The van der Waals surface area contributed by atoms with Gasteiger partial charge in [-0.3, -0.25) is 14.6 Å². The molecule has 2 aromatic heterocycles.